The number of benzene rings is 1. The number of rotatable bonds is 3. The van der Waals surface area contributed by atoms with E-state index in [9.17, 15) is 34.8 Å². The average Bonchev–Trinajstić information content (AvgIpc) is 2.66. The number of aromatic hydroxyl groups is 1. The summed E-state index contributed by atoms with van der Waals surface area (Å²) in [4.78, 5) is 37.9. The maximum absolute atomic E-state index is 13.3. The van der Waals surface area contributed by atoms with Crippen LogP contribution in [0.2, 0.25) is 0 Å². The third-order valence-corrected chi connectivity index (χ3v) is 6.89. The average molecular weight is 415 g/mol. The number of aryl methyl sites for hydroxylation is 1. The van der Waals surface area contributed by atoms with Gasteiger partial charge in [0.15, 0.2) is 17.2 Å². The van der Waals surface area contributed by atoms with E-state index in [-0.39, 0.29) is 29.7 Å². The van der Waals surface area contributed by atoms with Crippen molar-refractivity contribution in [2.75, 3.05) is 0 Å². The van der Waals surface area contributed by atoms with Crippen LogP contribution < -0.4 is 5.73 Å². The molecule has 4 rings (SSSR count). The van der Waals surface area contributed by atoms with Gasteiger partial charge in [0, 0.05) is 11.5 Å². The first-order valence-electron chi connectivity index (χ1n) is 10.2. The van der Waals surface area contributed by atoms with Crippen LogP contribution in [0.5, 0.6) is 5.75 Å². The molecule has 0 aliphatic heterocycles. The number of nitrogens with two attached hydrogens (primary N) is 1. The lowest BCUT2D eigenvalue weighted by Gasteiger charge is -2.48. The lowest BCUT2D eigenvalue weighted by atomic mass is 9.57. The second-order valence-electron chi connectivity index (χ2n) is 8.59. The molecule has 30 heavy (non-hydrogen) atoms. The predicted molar refractivity (Wildman–Crippen MR) is 105 cm³/mol. The molecular formula is C22H25NO7. The van der Waals surface area contributed by atoms with Gasteiger partial charge in [-0.15, -0.1) is 0 Å². The van der Waals surface area contributed by atoms with Gasteiger partial charge in [0.2, 0.25) is 5.91 Å². The number of aliphatic hydroxyl groups excluding tert-OH is 2. The molecule has 1 aromatic carbocycles. The van der Waals surface area contributed by atoms with Crippen molar-refractivity contribution < 1.29 is 34.8 Å². The zero-order chi connectivity index (χ0) is 22.0. The van der Waals surface area contributed by atoms with E-state index in [4.69, 9.17) is 5.73 Å². The summed E-state index contributed by atoms with van der Waals surface area (Å²) in [6.07, 6.45) is 0.643. The molecule has 0 aromatic heterocycles. The van der Waals surface area contributed by atoms with E-state index in [0.29, 0.717) is 12.0 Å². The molecule has 6 N–H and O–H groups in total. The summed E-state index contributed by atoms with van der Waals surface area (Å²) in [5.41, 5.74) is 4.39. The molecule has 3 aliphatic rings. The van der Waals surface area contributed by atoms with E-state index >= 15 is 0 Å². The fourth-order valence-corrected chi connectivity index (χ4v) is 5.49. The van der Waals surface area contributed by atoms with Gasteiger partial charge in [0.05, 0.1) is 11.7 Å². The number of Topliss-reactive ketones (excluding diaryl/α,β-unsaturated/α-hetero) is 2. The van der Waals surface area contributed by atoms with Crippen LogP contribution in [-0.4, -0.2) is 49.6 Å². The smallest absolute Gasteiger partial charge is 0.230 e. The van der Waals surface area contributed by atoms with Gasteiger partial charge in [-0.3, -0.25) is 14.4 Å². The van der Waals surface area contributed by atoms with Gasteiger partial charge in [0.25, 0.3) is 0 Å². The Morgan fingerprint density at radius 2 is 1.93 bits per heavy atom. The number of aliphatic hydroxyl groups is 3. The maximum atomic E-state index is 13.3. The van der Waals surface area contributed by atoms with Crippen molar-refractivity contribution >= 4 is 17.5 Å². The topological polar surface area (TPSA) is 158 Å². The SMILES string of the molecule is CCCc1ccc(O)c2c1C[C@H]1C[C@H]3CC(O)C(C(N)=O)C(=O)[C@@]3(O)C(O)=C1C2=O. The van der Waals surface area contributed by atoms with E-state index in [0.717, 1.165) is 18.4 Å². The third-order valence-electron chi connectivity index (χ3n) is 6.89. The molecule has 8 heteroatoms. The summed E-state index contributed by atoms with van der Waals surface area (Å²) in [6.45, 7) is 2.01. The standard InChI is InChI=1S/C22H25NO7/c1-2-3-9-4-5-13(24)16-12(9)7-10-6-11-8-14(25)17(21(23)29)20(28)22(11,30)19(27)15(10)18(16)26/h4-5,10-11,14,17,24-25,27,30H,2-3,6-8H2,1H3,(H2,23,29)/t10-,11+,14?,17?,22+/m1/s1. The number of carbonyl (C=O) groups is 3. The van der Waals surface area contributed by atoms with Crippen molar-refractivity contribution in [3.05, 3.63) is 40.2 Å². The summed E-state index contributed by atoms with van der Waals surface area (Å²) < 4.78 is 0. The number of allylic oxidation sites excluding steroid dienone is 1. The monoisotopic (exact) mass is 415 g/mol. The second-order valence-corrected chi connectivity index (χ2v) is 8.59. The Kier molecular flexibility index (Phi) is 4.74. The third kappa shape index (κ3) is 2.63. The number of fused-ring (bicyclic) bond motifs is 3. The van der Waals surface area contributed by atoms with Crippen molar-refractivity contribution in [2.24, 2.45) is 23.5 Å². The number of carbonyl (C=O) groups excluding carboxylic acids is 3. The minimum atomic E-state index is -2.46. The second kappa shape index (κ2) is 6.92. The molecule has 0 spiro atoms. The molecule has 1 fully saturated rings. The fraction of sp³-hybridized carbons (Fsp3) is 0.500. The Bertz CT molecular complexity index is 997. The number of phenolic OH excluding ortho intramolecular Hbond substituents is 1. The zero-order valence-corrected chi connectivity index (χ0v) is 16.6. The minimum Gasteiger partial charge on any atom is -0.508 e. The molecule has 2 unspecified atom stereocenters. The van der Waals surface area contributed by atoms with Crippen LogP contribution >= 0.6 is 0 Å². The number of ketones is 2. The van der Waals surface area contributed by atoms with Gasteiger partial charge in [-0.2, -0.15) is 0 Å². The lowest BCUT2D eigenvalue weighted by molar-refractivity contribution is -0.167. The van der Waals surface area contributed by atoms with Gasteiger partial charge in [-0.25, -0.2) is 0 Å². The van der Waals surface area contributed by atoms with Crippen molar-refractivity contribution in [1.29, 1.82) is 0 Å². The number of amides is 1. The normalized spacial score (nSPS) is 33.0. The number of hydrogen-bond donors (Lipinski definition) is 5. The minimum absolute atomic E-state index is 0.0792. The quantitative estimate of drug-likeness (QED) is 0.455. The van der Waals surface area contributed by atoms with Crippen LogP contribution in [0.4, 0.5) is 0 Å². The first-order valence-corrected chi connectivity index (χ1v) is 10.2. The first kappa shape index (κ1) is 20.6. The highest BCUT2D eigenvalue weighted by Crippen LogP contribution is 2.51. The first-order chi connectivity index (χ1) is 14.1. The van der Waals surface area contributed by atoms with Gasteiger partial charge >= 0.3 is 0 Å². The largest absolute Gasteiger partial charge is 0.508 e. The molecule has 1 aromatic rings. The summed E-state index contributed by atoms with van der Waals surface area (Å²) in [5.74, 6) is -6.82. The fourth-order valence-electron chi connectivity index (χ4n) is 5.49. The Morgan fingerprint density at radius 1 is 1.23 bits per heavy atom. The van der Waals surface area contributed by atoms with E-state index in [1.165, 1.54) is 6.07 Å². The van der Waals surface area contributed by atoms with Crippen LogP contribution in [0, 0.1) is 17.8 Å². The summed E-state index contributed by atoms with van der Waals surface area (Å²) in [6, 6.07) is 3.22. The van der Waals surface area contributed by atoms with Crippen LogP contribution in [0.15, 0.2) is 23.5 Å². The van der Waals surface area contributed by atoms with Crippen LogP contribution in [0.3, 0.4) is 0 Å². The Labute approximate surface area is 173 Å². The molecule has 0 saturated heterocycles. The van der Waals surface area contributed by atoms with Crippen molar-refractivity contribution in [3.63, 3.8) is 0 Å². The molecule has 3 aliphatic carbocycles. The van der Waals surface area contributed by atoms with E-state index in [1.54, 1.807) is 6.07 Å². The van der Waals surface area contributed by atoms with Crippen LogP contribution in [-0.2, 0) is 22.4 Å². The maximum Gasteiger partial charge on any atom is 0.230 e. The highest BCUT2D eigenvalue weighted by Gasteiger charge is 2.62. The summed E-state index contributed by atoms with van der Waals surface area (Å²) in [7, 11) is 0. The van der Waals surface area contributed by atoms with Crippen LogP contribution in [0.25, 0.3) is 0 Å². The van der Waals surface area contributed by atoms with Crippen LogP contribution in [0.1, 0.15) is 47.7 Å². The van der Waals surface area contributed by atoms with Gasteiger partial charge in [-0.05, 0) is 48.8 Å². The lowest BCUT2D eigenvalue weighted by Crippen LogP contribution is -2.63. The Hall–Kier alpha value is -2.71. The van der Waals surface area contributed by atoms with Gasteiger partial charge in [-0.1, -0.05) is 19.4 Å². The molecule has 0 bridgehead atoms. The summed E-state index contributed by atoms with van der Waals surface area (Å²) in [5, 5.41) is 42.8. The molecule has 0 heterocycles. The molecule has 8 nitrogen and oxygen atoms in total. The Morgan fingerprint density at radius 3 is 2.57 bits per heavy atom. The van der Waals surface area contributed by atoms with E-state index in [1.807, 2.05) is 6.92 Å². The molecule has 1 saturated carbocycles. The molecular weight excluding hydrogens is 390 g/mol. The Balaban J connectivity index is 1.88. The number of primary amides is 1. The molecule has 160 valence electrons. The molecule has 0 radical (unpaired) electrons. The van der Waals surface area contributed by atoms with Gasteiger partial charge in [0.1, 0.15) is 17.4 Å². The van der Waals surface area contributed by atoms with Crippen molar-refractivity contribution in [3.8, 4) is 5.75 Å². The highest BCUT2D eigenvalue weighted by atomic mass is 16.3. The zero-order valence-electron chi connectivity index (χ0n) is 16.6. The highest BCUT2D eigenvalue weighted by molar-refractivity contribution is 6.15. The molecule has 1 amide bonds. The number of hydrogen-bond acceptors (Lipinski definition) is 7. The summed E-state index contributed by atoms with van der Waals surface area (Å²) >= 11 is 0. The van der Waals surface area contributed by atoms with Gasteiger partial charge < -0.3 is 26.2 Å². The predicted octanol–water partition coefficient (Wildman–Crippen LogP) is 0.698. The van der Waals surface area contributed by atoms with E-state index < -0.39 is 52.7 Å². The van der Waals surface area contributed by atoms with Crippen molar-refractivity contribution in [2.45, 2.75) is 50.7 Å². The van der Waals surface area contributed by atoms with E-state index in [2.05, 4.69) is 0 Å². The van der Waals surface area contributed by atoms with Crippen molar-refractivity contribution in [1.82, 2.24) is 0 Å². The molecule has 5 atom stereocenters. The number of phenols is 1.